The number of rotatable bonds is 11. The van der Waals surface area contributed by atoms with E-state index in [1.165, 1.54) is 12.5 Å². The summed E-state index contributed by atoms with van der Waals surface area (Å²) in [5.74, 6) is 1.60. The minimum Gasteiger partial charge on any atom is -0.492 e. The van der Waals surface area contributed by atoms with Crippen LogP contribution >= 0.6 is 0 Å². The molecule has 3 saturated carbocycles. The molecule has 4 aliphatic carbocycles. The third-order valence-corrected chi connectivity index (χ3v) is 16.8. The normalized spacial score (nSPS) is 54.4. The number of ether oxygens (including phenoxy) is 7. The van der Waals surface area contributed by atoms with E-state index in [1.54, 1.807) is 0 Å². The van der Waals surface area contributed by atoms with Crippen LogP contribution in [0, 0.1) is 40.4 Å². The Hall–Kier alpha value is -1.40. The van der Waals surface area contributed by atoms with E-state index in [0.29, 0.717) is 42.8 Å². The van der Waals surface area contributed by atoms with Crippen molar-refractivity contribution < 1.29 is 89.3 Å². The fourth-order valence-electron chi connectivity index (χ4n) is 13.2. The highest BCUT2D eigenvalue weighted by Crippen LogP contribution is 2.70. The van der Waals surface area contributed by atoms with Gasteiger partial charge in [0.2, 0.25) is 0 Å². The third-order valence-electron chi connectivity index (χ3n) is 16.8. The van der Waals surface area contributed by atoms with Crippen LogP contribution in [0.3, 0.4) is 0 Å². The lowest BCUT2D eigenvalue weighted by molar-refractivity contribution is -0.360. The molecular formula is C45H72O18. The molecule has 7 fully saturated rings. The zero-order chi connectivity index (χ0) is 45.5. The largest absolute Gasteiger partial charge is 0.492 e. The van der Waals surface area contributed by atoms with Gasteiger partial charge in [-0.1, -0.05) is 32.4 Å². The smallest absolute Gasteiger partial charge is 0.187 e. The third kappa shape index (κ3) is 8.38. The van der Waals surface area contributed by atoms with Crippen molar-refractivity contribution in [3.8, 4) is 0 Å². The lowest BCUT2D eigenvalue weighted by Gasteiger charge is -2.58. The van der Waals surface area contributed by atoms with Gasteiger partial charge in [0.05, 0.1) is 32.0 Å². The van der Waals surface area contributed by atoms with Gasteiger partial charge in [-0.2, -0.15) is 0 Å². The quantitative estimate of drug-likeness (QED) is 0.112. The first-order valence-electron chi connectivity index (χ1n) is 23.1. The summed E-state index contributed by atoms with van der Waals surface area (Å²) < 4.78 is 41.5. The second-order valence-corrected chi connectivity index (χ2v) is 20.8. The Morgan fingerprint density at radius 1 is 0.762 bits per heavy atom. The molecule has 0 spiro atoms. The van der Waals surface area contributed by atoms with E-state index in [9.17, 15) is 56.2 Å². The van der Waals surface area contributed by atoms with Crippen molar-refractivity contribution >= 4 is 0 Å². The van der Waals surface area contributed by atoms with Gasteiger partial charge in [0, 0.05) is 5.92 Å². The van der Waals surface area contributed by atoms with E-state index in [1.807, 2.05) is 19.9 Å². The molecule has 4 saturated heterocycles. The predicted octanol–water partition coefficient (Wildman–Crippen LogP) is -0.911. The molecule has 4 aliphatic heterocycles. The molecule has 0 bridgehead atoms. The number of hydrogen-bond acceptors (Lipinski definition) is 18. The van der Waals surface area contributed by atoms with Crippen molar-refractivity contribution in [2.24, 2.45) is 40.4 Å². The maximum atomic E-state index is 12.2. The Morgan fingerprint density at radius 2 is 1.41 bits per heavy atom. The molecule has 63 heavy (non-hydrogen) atoms. The fourth-order valence-corrected chi connectivity index (χ4v) is 13.2. The van der Waals surface area contributed by atoms with Gasteiger partial charge in [-0.05, 0) is 106 Å². The molecule has 0 aromatic carbocycles. The van der Waals surface area contributed by atoms with Gasteiger partial charge in [-0.15, -0.1) is 0 Å². The van der Waals surface area contributed by atoms with Crippen LogP contribution in [0.4, 0.5) is 0 Å². The predicted molar refractivity (Wildman–Crippen MR) is 218 cm³/mol. The average Bonchev–Trinajstić information content (AvgIpc) is 3.71. The summed E-state index contributed by atoms with van der Waals surface area (Å²) in [6, 6.07) is 0. The maximum absolute atomic E-state index is 12.2. The zero-order valence-corrected chi connectivity index (χ0v) is 36.9. The van der Waals surface area contributed by atoms with Crippen LogP contribution < -0.4 is 0 Å². The maximum Gasteiger partial charge on any atom is 0.187 e. The van der Waals surface area contributed by atoms with Gasteiger partial charge in [0.15, 0.2) is 18.9 Å². The standard InChI is InChI=1S/C45H72O18/c1-19(18-57-40-35(53)33(51)31(49)27(16-46)61-40)6-9-29-45(5,56)39-26(60-29)15-25-23-8-7-21-14-22(10-12-43(21,3)24(23)11-13-44(25,39)4)59-42-37(55)34(52)38(28(17-47)62-42)63-41-36(54)32(50)30(48)20(2)58-41/h7,9,19-20,22-28,30-42,46-56H,6,8,10-18H2,1-5H3/b29-9-/t19-,20+,22+,23-,24+,25-,26+,27-,28-,30+,31-,32-,33+,34-,35-,36-,37-,38-,39+,40-,41+,42-,43+,44+,45-/m1/s1. The SMILES string of the molecule is C[C@H](C/C=C1\O[C@H]2C[C@@H]3[C@@H]4CC=C5C[C@@H](O[C@@H]6O[C@H](CO)[C@@H](O[C@@H]7O[C@@H](C)[C@H](O)[C@@H](O)[C@H]7O)[C@H](O)[C@H]6O)CC[C@]5(C)[C@H]4CC[C@]3(C)[C@H]2[C@]1(C)O)CO[C@@H]1O[C@H](CO)[C@@H](O)[C@H](O)[C@H]1O. The number of fused-ring (bicyclic) bond motifs is 7. The summed E-state index contributed by atoms with van der Waals surface area (Å²) in [7, 11) is 0. The molecule has 25 atom stereocenters. The Bertz CT molecular complexity index is 1660. The minimum absolute atomic E-state index is 0.0699. The Morgan fingerprint density at radius 3 is 2.13 bits per heavy atom. The molecule has 4 heterocycles. The van der Waals surface area contributed by atoms with E-state index in [-0.39, 0.29) is 41.5 Å². The number of allylic oxidation sites excluding steroid dienone is 2. The lowest BCUT2D eigenvalue weighted by Crippen LogP contribution is -2.64. The summed E-state index contributed by atoms with van der Waals surface area (Å²) in [5, 5.41) is 116. The second kappa shape index (κ2) is 18.3. The average molecular weight is 901 g/mol. The van der Waals surface area contributed by atoms with E-state index >= 15 is 0 Å². The molecule has 18 heteroatoms. The Kier molecular flexibility index (Phi) is 13.9. The second-order valence-electron chi connectivity index (χ2n) is 20.8. The van der Waals surface area contributed by atoms with E-state index < -0.39 is 111 Å². The highest BCUT2D eigenvalue weighted by atomic mass is 16.7. The Labute approximate surface area is 368 Å². The van der Waals surface area contributed by atoms with Crippen molar-refractivity contribution in [3.05, 3.63) is 23.5 Å². The first kappa shape index (κ1) is 48.1. The fraction of sp³-hybridized carbons (Fsp3) is 0.911. The number of aliphatic hydroxyl groups excluding tert-OH is 10. The van der Waals surface area contributed by atoms with Gasteiger partial charge >= 0.3 is 0 Å². The Balaban J connectivity index is 0.869. The first-order valence-corrected chi connectivity index (χ1v) is 23.1. The minimum atomic E-state index is -1.65. The molecule has 0 radical (unpaired) electrons. The molecular weight excluding hydrogens is 828 g/mol. The molecule has 18 nitrogen and oxygen atoms in total. The lowest BCUT2D eigenvalue weighted by atomic mass is 9.46. The highest BCUT2D eigenvalue weighted by Gasteiger charge is 2.69. The highest BCUT2D eigenvalue weighted by molar-refractivity contribution is 5.29. The van der Waals surface area contributed by atoms with Crippen LogP contribution in [0.2, 0.25) is 0 Å². The summed E-state index contributed by atoms with van der Waals surface area (Å²) in [5.41, 5.74) is -0.0861. The molecule has 8 aliphatic rings. The number of aliphatic hydroxyl groups is 11. The topological polar surface area (TPSA) is 287 Å². The van der Waals surface area contributed by atoms with Crippen LogP contribution in [0.25, 0.3) is 0 Å². The van der Waals surface area contributed by atoms with E-state index in [4.69, 9.17) is 33.2 Å². The molecule has 0 aromatic heterocycles. The van der Waals surface area contributed by atoms with Gasteiger partial charge in [-0.25, -0.2) is 0 Å². The van der Waals surface area contributed by atoms with Crippen molar-refractivity contribution in [1.82, 2.24) is 0 Å². The van der Waals surface area contributed by atoms with Gasteiger partial charge < -0.3 is 89.3 Å². The molecule has 0 unspecified atom stereocenters. The van der Waals surface area contributed by atoms with E-state index in [0.717, 1.165) is 32.1 Å². The molecule has 360 valence electrons. The zero-order valence-electron chi connectivity index (χ0n) is 36.9. The van der Waals surface area contributed by atoms with E-state index in [2.05, 4.69) is 19.9 Å². The van der Waals surface area contributed by atoms with Crippen LogP contribution in [0.15, 0.2) is 23.5 Å². The van der Waals surface area contributed by atoms with Crippen molar-refractivity contribution in [1.29, 1.82) is 0 Å². The summed E-state index contributed by atoms with van der Waals surface area (Å²) >= 11 is 0. The van der Waals surface area contributed by atoms with Crippen molar-refractivity contribution in [2.75, 3.05) is 19.8 Å². The molecule has 8 rings (SSSR count). The van der Waals surface area contributed by atoms with Crippen LogP contribution in [-0.4, -0.2) is 186 Å². The van der Waals surface area contributed by atoms with Crippen molar-refractivity contribution in [3.63, 3.8) is 0 Å². The molecule has 11 N–H and O–H groups in total. The molecule has 0 amide bonds. The summed E-state index contributed by atoms with van der Waals surface area (Å²) in [6.45, 7) is 9.04. The number of hydrogen-bond donors (Lipinski definition) is 11. The van der Waals surface area contributed by atoms with Crippen LogP contribution in [0.5, 0.6) is 0 Å². The van der Waals surface area contributed by atoms with Gasteiger partial charge in [0.25, 0.3) is 0 Å². The van der Waals surface area contributed by atoms with Crippen molar-refractivity contribution in [2.45, 2.75) is 196 Å². The summed E-state index contributed by atoms with van der Waals surface area (Å²) in [4.78, 5) is 0. The first-order chi connectivity index (χ1) is 29.7. The summed E-state index contributed by atoms with van der Waals surface area (Å²) in [6.07, 6.45) is -10.3. The molecule has 0 aromatic rings. The van der Waals surface area contributed by atoms with Crippen LogP contribution in [-0.2, 0) is 33.2 Å². The van der Waals surface area contributed by atoms with Crippen LogP contribution in [0.1, 0.15) is 86.0 Å². The van der Waals surface area contributed by atoms with Gasteiger partial charge in [-0.3, -0.25) is 0 Å². The monoisotopic (exact) mass is 900 g/mol. The van der Waals surface area contributed by atoms with Gasteiger partial charge in [0.1, 0.15) is 84.6 Å².